The van der Waals surface area contributed by atoms with Crippen LogP contribution in [0.2, 0.25) is 0 Å². The third-order valence-electron chi connectivity index (χ3n) is 4.12. The van der Waals surface area contributed by atoms with E-state index >= 15 is 0 Å². The second kappa shape index (κ2) is 6.23. The molecular formula is C13H22N2O4. The van der Waals surface area contributed by atoms with Crippen LogP contribution in [-0.2, 0) is 9.53 Å². The normalized spacial score (nSPS) is 26.2. The van der Waals surface area contributed by atoms with E-state index in [0.29, 0.717) is 18.9 Å². The number of amides is 2. The molecule has 2 aliphatic rings. The minimum Gasteiger partial charge on any atom is -0.480 e. The molecule has 0 radical (unpaired) electrons. The Hall–Kier alpha value is -1.30. The molecule has 108 valence electrons. The van der Waals surface area contributed by atoms with Crippen LogP contribution in [0.5, 0.6) is 0 Å². The van der Waals surface area contributed by atoms with Crippen molar-refractivity contribution in [2.24, 2.45) is 5.92 Å². The van der Waals surface area contributed by atoms with E-state index in [-0.39, 0.29) is 12.1 Å². The minimum atomic E-state index is -0.911. The van der Waals surface area contributed by atoms with Gasteiger partial charge in [-0.25, -0.2) is 9.59 Å². The van der Waals surface area contributed by atoms with Crippen LogP contribution in [-0.4, -0.2) is 53.8 Å². The second-order valence-corrected chi connectivity index (χ2v) is 5.38. The third-order valence-corrected chi connectivity index (χ3v) is 4.12. The van der Waals surface area contributed by atoms with E-state index in [1.165, 1.54) is 4.90 Å². The number of hydrogen-bond donors (Lipinski definition) is 2. The van der Waals surface area contributed by atoms with Gasteiger partial charge in [0.25, 0.3) is 0 Å². The molecule has 0 spiro atoms. The van der Waals surface area contributed by atoms with Gasteiger partial charge < -0.3 is 20.1 Å². The van der Waals surface area contributed by atoms with Gasteiger partial charge in [-0.15, -0.1) is 0 Å². The summed E-state index contributed by atoms with van der Waals surface area (Å²) < 4.78 is 5.30. The molecule has 0 aliphatic carbocycles. The highest BCUT2D eigenvalue weighted by atomic mass is 16.5. The lowest BCUT2D eigenvalue weighted by molar-refractivity contribution is -0.141. The standard InChI is InChI=1S/C13H22N2O4/c1-9(10-4-7-19-8-5-10)14-13(18)15-6-2-3-11(15)12(16)17/h9-11H,2-8H2,1H3,(H,14,18)(H,16,17)/t9?,11-/m1/s1. The van der Waals surface area contributed by atoms with E-state index in [1.807, 2.05) is 6.92 Å². The number of aliphatic carboxylic acids is 1. The van der Waals surface area contributed by atoms with Crippen molar-refractivity contribution in [2.45, 2.75) is 44.7 Å². The van der Waals surface area contributed by atoms with Gasteiger partial charge in [-0.05, 0) is 38.5 Å². The Morgan fingerprint density at radius 2 is 2.00 bits per heavy atom. The number of carboxylic acid groups (broad SMARTS) is 1. The average Bonchev–Trinajstić information content (AvgIpc) is 2.89. The molecule has 19 heavy (non-hydrogen) atoms. The van der Waals surface area contributed by atoms with Crippen LogP contribution in [0.1, 0.15) is 32.6 Å². The Balaban J connectivity index is 1.87. The van der Waals surface area contributed by atoms with E-state index < -0.39 is 12.0 Å². The van der Waals surface area contributed by atoms with Gasteiger partial charge in [0.1, 0.15) is 6.04 Å². The fraction of sp³-hybridized carbons (Fsp3) is 0.846. The summed E-state index contributed by atoms with van der Waals surface area (Å²) in [5.41, 5.74) is 0. The Labute approximate surface area is 113 Å². The van der Waals surface area contributed by atoms with Crippen molar-refractivity contribution in [3.63, 3.8) is 0 Å². The molecule has 2 aliphatic heterocycles. The molecule has 2 saturated heterocycles. The van der Waals surface area contributed by atoms with Crippen molar-refractivity contribution in [1.82, 2.24) is 10.2 Å². The van der Waals surface area contributed by atoms with E-state index in [9.17, 15) is 9.59 Å². The zero-order valence-corrected chi connectivity index (χ0v) is 11.3. The van der Waals surface area contributed by atoms with Gasteiger partial charge in [-0.1, -0.05) is 0 Å². The first-order valence-corrected chi connectivity index (χ1v) is 6.97. The van der Waals surface area contributed by atoms with Gasteiger partial charge in [-0.2, -0.15) is 0 Å². The number of carbonyl (C=O) groups excluding carboxylic acids is 1. The number of carboxylic acids is 1. The third kappa shape index (κ3) is 3.37. The first-order valence-electron chi connectivity index (χ1n) is 6.97. The number of rotatable bonds is 3. The first-order chi connectivity index (χ1) is 9.09. The molecule has 0 aromatic carbocycles. The van der Waals surface area contributed by atoms with Gasteiger partial charge in [0.05, 0.1) is 0 Å². The molecule has 1 unspecified atom stereocenters. The maximum atomic E-state index is 12.1. The van der Waals surface area contributed by atoms with Crippen LogP contribution in [0.15, 0.2) is 0 Å². The zero-order valence-electron chi connectivity index (χ0n) is 11.3. The average molecular weight is 270 g/mol. The smallest absolute Gasteiger partial charge is 0.326 e. The van der Waals surface area contributed by atoms with Crippen molar-refractivity contribution in [3.8, 4) is 0 Å². The number of ether oxygens (including phenoxy) is 1. The van der Waals surface area contributed by atoms with Crippen LogP contribution in [0.4, 0.5) is 4.79 Å². The maximum Gasteiger partial charge on any atom is 0.326 e. The Kier molecular flexibility index (Phi) is 4.63. The van der Waals surface area contributed by atoms with Crippen molar-refractivity contribution in [2.75, 3.05) is 19.8 Å². The predicted octanol–water partition coefficient (Wildman–Crippen LogP) is 1.06. The summed E-state index contributed by atoms with van der Waals surface area (Å²) in [6, 6.07) is -0.850. The molecular weight excluding hydrogens is 248 g/mol. The van der Waals surface area contributed by atoms with Gasteiger partial charge in [-0.3, -0.25) is 0 Å². The van der Waals surface area contributed by atoms with Gasteiger partial charge in [0.15, 0.2) is 0 Å². The number of nitrogens with zero attached hydrogens (tertiary/aromatic N) is 1. The van der Waals surface area contributed by atoms with Crippen molar-refractivity contribution in [1.29, 1.82) is 0 Å². The quantitative estimate of drug-likeness (QED) is 0.803. The molecule has 2 fully saturated rings. The van der Waals surface area contributed by atoms with E-state index in [2.05, 4.69) is 5.32 Å². The lowest BCUT2D eigenvalue weighted by Crippen LogP contribution is -2.50. The monoisotopic (exact) mass is 270 g/mol. The SMILES string of the molecule is CC(NC(=O)N1CCC[C@@H]1C(=O)O)C1CCOCC1. The van der Waals surface area contributed by atoms with Gasteiger partial charge in [0.2, 0.25) is 0 Å². The molecule has 0 bridgehead atoms. The molecule has 2 heterocycles. The van der Waals surface area contributed by atoms with Crippen LogP contribution >= 0.6 is 0 Å². The lowest BCUT2D eigenvalue weighted by Gasteiger charge is -2.30. The van der Waals surface area contributed by atoms with Crippen molar-refractivity contribution in [3.05, 3.63) is 0 Å². The summed E-state index contributed by atoms with van der Waals surface area (Å²) in [5.74, 6) is -0.491. The summed E-state index contributed by atoms with van der Waals surface area (Å²) in [6.45, 7) is 4.00. The van der Waals surface area contributed by atoms with Gasteiger partial charge in [0, 0.05) is 25.8 Å². The van der Waals surface area contributed by atoms with Crippen molar-refractivity contribution >= 4 is 12.0 Å². The molecule has 0 saturated carbocycles. The van der Waals surface area contributed by atoms with Crippen LogP contribution < -0.4 is 5.32 Å². The van der Waals surface area contributed by atoms with Crippen LogP contribution in [0, 0.1) is 5.92 Å². The summed E-state index contributed by atoms with van der Waals surface area (Å²) in [4.78, 5) is 24.6. The zero-order chi connectivity index (χ0) is 13.8. The Morgan fingerprint density at radius 1 is 1.32 bits per heavy atom. The topological polar surface area (TPSA) is 78.9 Å². The highest BCUT2D eigenvalue weighted by Crippen LogP contribution is 2.21. The summed E-state index contributed by atoms with van der Waals surface area (Å²) in [7, 11) is 0. The van der Waals surface area contributed by atoms with Gasteiger partial charge >= 0.3 is 12.0 Å². The summed E-state index contributed by atoms with van der Waals surface area (Å²) >= 11 is 0. The second-order valence-electron chi connectivity index (χ2n) is 5.38. The Morgan fingerprint density at radius 3 is 2.63 bits per heavy atom. The summed E-state index contributed by atoms with van der Waals surface area (Å²) in [6.07, 6.45) is 3.21. The van der Waals surface area contributed by atoms with Crippen LogP contribution in [0.25, 0.3) is 0 Å². The van der Waals surface area contributed by atoms with E-state index in [4.69, 9.17) is 9.84 Å². The maximum absolute atomic E-state index is 12.1. The molecule has 0 aromatic heterocycles. The highest BCUT2D eigenvalue weighted by molar-refractivity contribution is 5.83. The first kappa shape index (κ1) is 14.1. The highest BCUT2D eigenvalue weighted by Gasteiger charge is 2.35. The Bertz CT molecular complexity index is 342. The number of carbonyl (C=O) groups is 2. The lowest BCUT2D eigenvalue weighted by atomic mass is 9.93. The largest absolute Gasteiger partial charge is 0.480 e. The molecule has 2 N–H and O–H groups in total. The number of urea groups is 1. The molecule has 2 atom stereocenters. The van der Waals surface area contributed by atoms with E-state index in [1.54, 1.807) is 0 Å². The fourth-order valence-corrected chi connectivity index (χ4v) is 2.88. The number of likely N-dealkylation sites (tertiary alicyclic amines) is 1. The molecule has 0 aromatic rings. The van der Waals surface area contributed by atoms with E-state index in [0.717, 1.165) is 32.5 Å². The van der Waals surface area contributed by atoms with Crippen molar-refractivity contribution < 1.29 is 19.4 Å². The van der Waals surface area contributed by atoms with Crippen LogP contribution in [0.3, 0.4) is 0 Å². The fourth-order valence-electron chi connectivity index (χ4n) is 2.88. The number of nitrogens with one attached hydrogen (secondary N) is 1. The molecule has 6 heteroatoms. The molecule has 6 nitrogen and oxygen atoms in total. The number of hydrogen-bond acceptors (Lipinski definition) is 3. The minimum absolute atomic E-state index is 0.0615. The predicted molar refractivity (Wildman–Crippen MR) is 68.9 cm³/mol. The molecule has 2 rings (SSSR count). The molecule has 2 amide bonds. The summed E-state index contributed by atoms with van der Waals surface area (Å²) in [5, 5.41) is 12.0.